The molecule has 0 aromatic heterocycles. The lowest BCUT2D eigenvalue weighted by molar-refractivity contribution is 0.0601. The Bertz CT molecular complexity index is 951. The summed E-state index contributed by atoms with van der Waals surface area (Å²) < 4.78 is 19.7. The maximum atomic E-state index is 14.2. The van der Waals surface area contributed by atoms with Gasteiger partial charge in [0.1, 0.15) is 11.6 Å². The molecule has 6 nitrogen and oxygen atoms in total. The molecule has 1 saturated heterocycles. The van der Waals surface area contributed by atoms with Crippen molar-refractivity contribution in [3.05, 3.63) is 57.8 Å². The number of rotatable bonds is 4. The van der Waals surface area contributed by atoms with Crippen molar-refractivity contribution in [3.63, 3.8) is 0 Å². The van der Waals surface area contributed by atoms with E-state index in [0.717, 1.165) is 30.3 Å². The Labute approximate surface area is 183 Å². The first-order valence-corrected chi connectivity index (χ1v) is 10.6. The molecule has 0 aliphatic carbocycles. The highest BCUT2D eigenvalue weighted by molar-refractivity contribution is 9.10. The minimum atomic E-state index is -0.501. The number of aromatic hydroxyl groups is 1. The summed E-state index contributed by atoms with van der Waals surface area (Å²) in [5.74, 6) is -0.324. The summed E-state index contributed by atoms with van der Waals surface area (Å²) in [5.41, 5.74) is 1.10. The third kappa shape index (κ3) is 5.30. The molecule has 1 fully saturated rings. The molecular formula is C22H25BrFN3O3. The monoisotopic (exact) mass is 477 g/mol. The van der Waals surface area contributed by atoms with Gasteiger partial charge in [-0.05, 0) is 62.6 Å². The van der Waals surface area contributed by atoms with Crippen LogP contribution in [0.3, 0.4) is 0 Å². The fourth-order valence-electron chi connectivity index (χ4n) is 3.44. The smallest absolute Gasteiger partial charge is 0.337 e. The van der Waals surface area contributed by atoms with Crippen molar-refractivity contribution in [3.8, 4) is 5.75 Å². The van der Waals surface area contributed by atoms with Gasteiger partial charge in [0.05, 0.1) is 24.9 Å². The number of phenols is 1. The molecule has 1 aliphatic heterocycles. The number of likely N-dealkylation sites (tertiary alicyclic amines) is 1. The quantitative estimate of drug-likeness (QED) is 0.282. The molecule has 1 aliphatic rings. The van der Waals surface area contributed by atoms with E-state index in [-0.39, 0.29) is 24.2 Å². The van der Waals surface area contributed by atoms with E-state index in [1.807, 2.05) is 0 Å². The van der Waals surface area contributed by atoms with Gasteiger partial charge in [0.15, 0.2) is 5.96 Å². The second-order valence-electron chi connectivity index (χ2n) is 7.26. The Morgan fingerprint density at radius 1 is 1.33 bits per heavy atom. The van der Waals surface area contributed by atoms with Crippen LogP contribution in [-0.2, 0) is 11.3 Å². The Morgan fingerprint density at radius 3 is 2.87 bits per heavy atom. The van der Waals surface area contributed by atoms with Crippen molar-refractivity contribution in [2.45, 2.75) is 38.8 Å². The summed E-state index contributed by atoms with van der Waals surface area (Å²) >= 11 is 3.36. The van der Waals surface area contributed by atoms with Crippen molar-refractivity contribution in [1.82, 2.24) is 4.90 Å². The Kier molecular flexibility index (Phi) is 7.31. The number of ether oxygens (including phenoxy) is 1. The van der Waals surface area contributed by atoms with E-state index in [1.54, 1.807) is 12.1 Å². The van der Waals surface area contributed by atoms with Gasteiger partial charge in [-0.3, -0.25) is 0 Å². The van der Waals surface area contributed by atoms with E-state index in [1.165, 1.54) is 31.4 Å². The van der Waals surface area contributed by atoms with Crippen LogP contribution in [0, 0.1) is 5.82 Å². The lowest BCUT2D eigenvalue weighted by atomic mass is 10.0. The number of nitrogens with one attached hydrogen (secondary N) is 1. The zero-order valence-corrected chi connectivity index (χ0v) is 18.6. The van der Waals surface area contributed by atoms with E-state index in [4.69, 9.17) is 4.74 Å². The summed E-state index contributed by atoms with van der Waals surface area (Å²) in [6.45, 7) is 3.04. The zero-order valence-electron chi connectivity index (χ0n) is 17.0. The molecular weight excluding hydrogens is 453 g/mol. The number of anilines is 1. The van der Waals surface area contributed by atoms with Crippen molar-refractivity contribution >= 4 is 33.5 Å². The summed E-state index contributed by atoms with van der Waals surface area (Å²) in [4.78, 5) is 18.6. The highest BCUT2D eigenvalue weighted by atomic mass is 79.9. The fourth-order valence-corrected chi connectivity index (χ4v) is 3.85. The molecule has 2 N–H and O–H groups in total. The summed E-state index contributed by atoms with van der Waals surface area (Å²) in [6, 6.07) is 9.42. The Morgan fingerprint density at radius 2 is 2.13 bits per heavy atom. The number of carbonyl (C=O) groups is 1. The number of guanidine groups is 1. The second kappa shape index (κ2) is 9.93. The molecule has 1 unspecified atom stereocenters. The minimum Gasteiger partial charge on any atom is -0.506 e. The van der Waals surface area contributed by atoms with E-state index in [2.05, 4.69) is 38.1 Å². The Hall–Kier alpha value is -2.61. The van der Waals surface area contributed by atoms with Gasteiger partial charge >= 0.3 is 5.97 Å². The molecule has 2 aromatic carbocycles. The average molecular weight is 478 g/mol. The van der Waals surface area contributed by atoms with Crippen LogP contribution in [0.1, 0.15) is 42.1 Å². The maximum Gasteiger partial charge on any atom is 0.337 e. The zero-order chi connectivity index (χ0) is 21.7. The van der Waals surface area contributed by atoms with Crippen LogP contribution in [0.5, 0.6) is 5.75 Å². The third-order valence-electron chi connectivity index (χ3n) is 5.15. The van der Waals surface area contributed by atoms with Crippen molar-refractivity contribution < 1.29 is 19.0 Å². The van der Waals surface area contributed by atoms with Gasteiger partial charge in [-0.15, -0.1) is 0 Å². The van der Waals surface area contributed by atoms with Crippen LogP contribution in [-0.4, -0.2) is 41.6 Å². The molecule has 0 radical (unpaired) electrons. The van der Waals surface area contributed by atoms with Crippen molar-refractivity contribution in [2.75, 3.05) is 19.0 Å². The Balaban J connectivity index is 1.94. The number of carbonyl (C=O) groups excluding carboxylic acids is 1. The lowest BCUT2D eigenvalue weighted by Crippen LogP contribution is -2.45. The van der Waals surface area contributed by atoms with Gasteiger partial charge < -0.3 is 20.1 Å². The number of methoxy groups -OCH3 is 1. The number of nitrogens with zero attached hydrogens (tertiary/aromatic N) is 2. The number of hydrogen-bond donors (Lipinski definition) is 2. The lowest BCUT2D eigenvalue weighted by Gasteiger charge is -2.36. The number of piperidine rings is 1. The molecule has 1 atom stereocenters. The topological polar surface area (TPSA) is 74.2 Å². The number of aliphatic imine (C=N–C) groups is 1. The first-order valence-electron chi connectivity index (χ1n) is 9.82. The van der Waals surface area contributed by atoms with E-state index in [9.17, 15) is 14.3 Å². The van der Waals surface area contributed by atoms with Crippen molar-refractivity contribution in [1.29, 1.82) is 0 Å². The standard InChI is InChI=1S/C22H25BrFN3O3/c1-14-5-3-4-10-27(14)22(25-13-16-11-17(23)7-8-18(16)24)26-19-12-15(21(29)30-2)6-9-20(19)28/h6-9,11-12,14,28H,3-5,10,13H2,1-2H3,(H,25,26). The number of benzene rings is 2. The van der Waals surface area contributed by atoms with Crippen LogP contribution in [0.15, 0.2) is 45.9 Å². The number of halogens is 2. The molecule has 0 amide bonds. The minimum absolute atomic E-state index is 0.0198. The second-order valence-corrected chi connectivity index (χ2v) is 8.18. The first kappa shape index (κ1) is 22.1. The van der Waals surface area contributed by atoms with Gasteiger partial charge in [-0.25, -0.2) is 14.2 Å². The molecule has 1 heterocycles. The molecule has 0 saturated carbocycles. The molecule has 0 bridgehead atoms. The van der Waals surface area contributed by atoms with Gasteiger partial charge in [0.2, 0.25) is 0 Å². The molecule has 2 aromatic rings. The average Bonchev–Trinajstić information content (AvgIpc) is 2.74. The van der Waals surface area contributed by atoms with E-state index in [0.29, 0.717) is 22.8 Å². The summed E-state index contributed by atoms with van der Waals surface area (Å²) in [5, 5.41) is 13.5. The highest BCUT2D eigenvalue weighted by Gasteiger charge is 2.23. The largest absolute Gasteiger partial charge is 0.506 e. The third-order valence-corrected chi connectivity index (χ3v) is 5.64. The van der Waals surface area contributed by atoms with Gasteiger partial charge in [0.25, 0.3) is 0 Å². The number of esters is 1. The van der Waals surface area contributed by atoms with Gasteiger partial charge in [0, 0.05) is 22.6 Å². The van der Waals surface area contributed by atoms with Crippen LogP contribution in [0.25, 0.3) is 0 Å². The number of phenolic OH excluding ortho intramolecular Hbond substituents is 1. The molecule has 0 spiro atoms. The molecule has 8 heteroatoms. The van der Waals surface area contributed by atoms with Gasteiger partial charge in [-0.1, -0.05) is 15.9 Å². The summed E-state index contributed by atoms with van der Waals surface area (Å²) in [6.07, 6.45) is 3.17. The van der Waals surface area contributed by atoms with Crippen LogP contribution in [0.4, 0.5) is 10.1 Å². The molecule has 3 rings (SSSR count). The fraction of sp³-hybridized carbons (Fsp3) is 0.364. The van der Waals surface area contributed by atoms with Crippen LogP contribution < -0.4 is 5.32 Å². The van der Waals surface area contributed by atoms with Crippen molar-refractivity contribution in [2.24, 2.45) is 4.99 Å². The predicted molar refractivity (Wildman–Crippen MR) is 118 cm³/mol. The number of hydrogen-bond acceptors (Lipinski definition) is 4. The van der Waals surface area contributed by atoms with Crippen LogP contribution in [0.2, 0.25) is 0 Å². The van der Waals surface area contributed by atoms with Crippen LogP contribution >= 0.6 is 15.9 Å². The molecule has 160 valence electrons. The first-order chi connectivity index (χ1) is 14.4. The van der Waals surface area contributed by atoms with Gasteiger partial charge in [-0.2, -0.15) is 0 Å². The SMILES string of the molecule is COC(=O)c1ccc(O)c(NC(=NCc2cc(Br)ccc2F)N2CCCCC2C)c1. The highest BCUT2D eigenvalue weighted by Crippen LogP contribution is 2.27. The van der Waals surface area contributed by atoms with E-state index >= 15 is 0 Å². The molecule has 30 heavy (non-hydrogen) atoms. The normalized spacial score (nSPS) is 17.0. The predicted octanol–water partition coefficient (Wildman–Crippen LogP) is 4.92. The van der Waals surface area contributed by atoms with E-state index < -0.39 is 5.97 Å². The maximum absolute atomic E-state index is 14.2. The summed E-state index contributed by atoms with van der Waals surface area (Å²) in [7, 11) is 1.30.